The van der Waals surface area contributed by atoms with Crippen LogP contribution in [0.2, 0.25) is 0 Å². The largest absolute Gasteiger partial charge is 0.496 e. The summed E-state index contributed by atoms with van der Waals surface area (Å²) in [6.45, 7) is 0.638. The number of hydrogen-bond donors (Lipinski definition) is 2. The molecule has 2 aromatic rings. The lowest BCUT2D eigenvalue weighted by Gasteiger charge is -2.12. The summed E-state index contributed by atoms with van der Waals surface area (Å²) in [5, 5.41) is 6.35. The van der Waals surface area contributed by atoms with Gasteiger partial charge in [0.1, 0.15) is 11.4 Å². The molecule has 0 aliphatic heterocycles. The number of aromatic nitrogens is 1. The maximum absolute atomic E-state index is 12.2. The van der Waals surface area contributed by atoms with Gasteiger partial charge >= 0.3 is 0 Å². The molecule has 1 aliphatic carbocycles. The molecule has 0 radical (unpaired) electrons. The summed E-state index contributed by atoms with van der Waals surface area (Å²) in [6.07, 6.45) is 6.24. The fourth-order valence-corrected chi connectivity index (χ4v) is 3.01. The molecule has 1 amide bonds. The van der Waals surface area contributed by atoms with Gasteiger partial charge in [-0.1, -0.05) is 31.0 Å². The average Bonchev–Trinajstić information content (AvgIpc) is 3.13. The molecule has 3 rings (SSSR count). The second-order valence-corrected chi connectivity index (χ2v) is 6.05. The zero-order valence-corrected chi connectivity index (χ0v) is 13.9. The molecule has 5 nitrogen and oxygen atoms in total. The number of carbonyl (C=O) groups excluding carboxylic acids is 1. The van der Waals surface area contributed by atoms with Gasteiger partial charge in [0, 0.05) is 18.2 Å². The predicted octanol–water partition coefficient (Wildman–Crippen LogP) is 3.37. The quantitative estimate of drug-likeness (QED) is 0.855. The third-order valence-electron chi connectivity index (χ3n) is 4.36. The third-order valence-corrected chi connectivity index (χ3v) is 4.36. The number of carbonyl (C=O) groups is 1. The van der Waals surface area contributed by atoms with Crippen molar-refractivity contribution in [1.82, 2.24) is 10.3 Å². The van der Waals surface area contributed by atoms with E-state index < -0.39 is 0 Å². The van der Waals surface area contributed by atoms with Gasteiger partial charge in [0.25, 0.3) is 5.91 Å². The van der Waals surface area contributed by atoms with Gasteiger partial charge in [-0.15, -0.1) is 0 Å². The maximum Gasteiger partial charge on any atom is 0.270 e. The molecule has 24 heavy (non-hydrogen) atoms. The average molecular weight is 325 g/mol. The SMILES string of the molecule is COc1ccccc1CNc1ccc(C(=O)NC2CCCC2)nc1. The summed E-state index contributed by atoms with van der Waals surface area (Å²) in [5.41, 5.74) is 2.41. The van der Waals surface area contributed by atoms with Gasteiger partial charge in [-0.05, 0) is 31.0 Å². The number of methoxy groups -OCH3 is 1. The molecular weight excluding hydrogens is 302 g/mol. The Morgan fingerprint density at radius 2 is 2.00 bits per heavy atom. The second kappa shape index (κ2) is 7.81. The number of anilines is 1. The Morgan fingerprint density at radius 3 is 2.71 bits per heavy atom. The van der Waals surface area contributed by atoms with Crippen LogP contribution in [0.3, 0.4) is 0 Å². The third kappa shape index (κ3) is 4.04. The first-order chi connectivity index (χ1) is 11.8. The smallest absolute Gasteiger partial charge is 0.270 e. The van der Waals surface area contributed by atoms with Gasteiger partial charge in [-0.3, -0.25) is 4.79 Å². The number of para-hydroxylation sites is 1. The van der Waals surface area contributed by atoms with Crippen LogP contribution in [0.25, 0.3) is 0 Å². The molecule has 0 saturated heterocycles. The number of rotatable bonds is 6. The van der Waals surface area contributed by atoms with E-state index in [4.69, 9.17) is 4.74 Å². The highest BCUT2D eigenvalue weighted by Crippen LogP contribution is 2.20. The van der Waals surface area contributed by atoms with Gasteiger partial charge in [0.15, 0.2) is 0 Å². The number of hydrogen-bond acceptors (Lipinski definition) is 4. The van der Waals surface area contributed by atoms with Crippen LogP contribution < -0.4 is 15.4 Å². The van der Waals surface area contributed by atoms with E-state index in [0.717, 1.165) is 29.8 Å². The van der Waals surface area contributed by atoms with Gasteiger partial charge < -0.3 is 15.4 Å². The summed E-state index contributed by atoms with van der Waals surface area (Å²) < 4.78 is 5.34. The van der Waals surface area contributed by atoms with Gasteiger partial charge in [-0.25, -0.2) is 4.98 Å². The molecule has 126 valence electrons. The molecule has 1 aromatic carbocycles. The highest BCUT2D eigenvalue weighted by molar-refractivity contribution is 5.92. The minimum atomic E-state index is -0.0850. The van der Waals surface area contributed by atoms with Crippen molar-refractivity contribution >= 4 is 11.6 Å². The van der Waals surface area contributed by atoms with Crippen LogP contribution in [-0.4, -0.2) is 24.0 Å². The Kier molecular flexibility index (Phi) is 5.31. The van der Waals surface area contributed by atoms with Crippen molar-refractivity contribution < 1.29 is 9.53 Å². The van der Waals surface area contributed by atoms with Crippen LogP contribution >= 0.6 is 0 Å². The van der Waals surface area contributed by atoms with E-state index in [1.165, 1.54) is 12.8 Å². The zero-order valence-electron chi connectivity index (χ0n) is 13.9. The van der Waals surface area contributed by atoms with Crippen LogP contribution in [0.5, 0.6) is 5.75 Å². The molecular formula is C19H23N3O2. The van der Waals surface area contributed by atoms with Crippen LogP contribution in [-0.2, 0) is 6.54 Å². The Balaban J connectivity index is 1.57. The molecule has 0 bridgehead atoms. The van der Waals surface area contributed by atoms with Gasteiger partial charge in [0.05, 0.1) is 19.0 Å². The molecule has 0 spiro atoms. The van der Waals surface area contributed by atoms with Crippen molar-refractivity contribution in [3.63, 3.8) is 0 Å². The zero-order chi connectivity index (χ0) is 16.8. The monoisotopic (exact) mass is 325 g/mol. The predicted molar refractivity (Wildman–Crippen MR) is 94.3 cm³/mol. The van der Waals surface area contributed by atoms with E-state index in [2.05, 4.69) is 15.6 Å². The Bertz CT molecular complexity index is 679. The van der Waals surface area contributed by atoms with E-state index >= 15 is 0 Å². The standard InChI is InChI=1S/C19H23N3O2/c1-24-18-9-5-2-6-14(18)12-20-16-10-11-17(21-13-16)19(23)22-15-7-3-4-8-15/h2,5-6,9-11,13,15,20H,3-4,7-8,12H2,1H3,(H,22,23). The Labute approximate surface area is 142 Å². The minimum Gasteiger partial charge on any atom is -0.496 e. The van der Waals surface area contributed by atoms with Crippen molar-refractivity contribution in [1.29, 1.82) is 0 Å². The first-order valence-corrected chi connectivity index (χ1v) is 8.39. The topological polar surface area (TPSA) is 63.2 Å². The molecule has 1 fully saturated rings. The number of amides is 1. The van der Waals surface area contributed by atoms with Gasteiger partial charge in [0.2, 0.25) is 0 Å². The molecule has 1 heterocycles. The van der Waals surface area contributed by atoms with E-state index in [0.29, 0.717) is 18.3 Å². The Morgan fingerprint density at radius 1 is 1.21 bits per heavy atom. The lowest BCUT2D eigenvalue weighted by Crippen LogP contribution is -2.33. The van der Waals surface area contributed by atoms with E-state index in [9.17, 15) is 4.79 Å². The lowest BCUT2D eigenvalue weighted by atomic mass is 10.2. The molecule has 1 saturated carbocycles. The fraction of sp³-hybridized carbons (Fsp3) is 0.368. The summed E-state index contributed by atoms with van der Waals surface area (Å²) in [4.78, 5) is 16.4. The van der Waals surface area contributed by atoms with Crippen LogP contribution in [0.4, 0.5) is 5.69 Å². The number of pyridine rings is 1. The van der Waals surface area contributed by atoms with Gasteiger partial charge in [-0.2, -0.15) is 0 Å². The highest BCUT2D eigenvalue weighted by atomic mass is 16.5. The fourth-order valence-electron chi connectivity index (χ4n) is 3.01. The van der Waals surface area contributed by atoms with Crippen molar-refractivity contribution in [2.45, 2.75) is 38.3 Å². The molecule has 2 N–H and O–H groups in total. The van der Waals surface area contributed by atoms with Crippen LogP contribution in [0, 0.1) is 0 Å². The van der Waals surface area contributed by atoms with E-state index in [1.807, 2.05) is 30.3 Å². The normalized spacial score (nSPS) is 14.4. The first-order valence-electron chi connectivity index (χ1n) is 8.39. The summed E-state index contributed by atoms with van der Waals surface area (Å²) >= 11 is 0. The molecule has 5 heteroatoms. The summed E-state index contributed by atoms with van der Waals surface area (Å²) in [7, 11) is 1.66. The van der Waals surface area contributed by atoms with Crippen molar-refractivity contribution in [2.75, 3.05) is 12.4 Å². The number of nitrogens with zero attached hydrogens (tertiary/aromatic N) is 1. The maximum atomic E-state index is 12.2. The summed E-state index contributed by atoms with van der Waals surface area (Å²) in [5.74, 6) is 0.767. The summed E-state index contributed by atoms with van der Waals surface area (Å²) in [6, 6.07) is 11.8. The van der Waals surface area contributed by atoms with Crippen molar-refractivity contribution in [3.8, 4) is 5.75 Å². The van der Waals surface area contributed by atoms with Crippen molar-refractivity contribution in [3.05, 3.63) is 53.9 Å². The molecule has 0 unspecified atom stereocenters. The second-order valence-electron chi connectivity index (χ2n) is 6.05. The molecule has 0 atom stereocenters. The molecule has 1 aromatic heterocycles. The van der Waals surface area contributed by atoms with Crippen LogP contribution in [0.1, 0.15) is 41.7 Å². The van der Waals surface area contributed by atoms with Crippen molar-refractivity contribution in [2.24, 2.45) is 0 Å². The number of nitrogens with one attached hydrogen (secondary N) is 2. The van der Waals surface area contributed by atoms with E-state index in [1.54, 1.807) is 19.4 Å². The highest BCUT2D eigenvalue weighted by Gasteiger charge is 2.18. The number of ether oxygens (including phenoxy) is 1. The Hall–Kier alpha value is -2.56. The molecule has 1 aliphatic rings. The van der Waals surface area contributed by atoms with Crippen LogP contribution in [0.15, 0.2) is 42.6 Å². The number of benzene rings is 1. The van der Waals surface area contributed by atoms with E-state index in [-0.39, 0.29) is 5.91 Å². The lowest BCUT2D eigenvalue weighted by molar-refractivity contribution is 0.0933. The minimum absolute atomic E-state index is 0.0850. The first kappa shape index (κ1) is 16.3.